The Bertz CT molecular complexity index is 344. The second-order valence-corrected chi connectivity index (χ2v) is 7.50. The molecule has 2 fully saturated rings. The number of aliphatic hydroxyl groups is 1. The van der Waals surface area contributed by atoms with Crippen LogP contribution in [0.2, 0.25) is 0 Å². The summed E-state index contributed by atoms with van der Waals surface area (Å²) >= 11 is 0. The first-order valence-electron chi connectivity index (χ1n) is 6.65. The van der Waals surface area contributed by atoms with Crippen LogP contribution in [0.4, 0.5) is 0 Å². The Balaban J connectivity index is 2.39. The van der Waals surface area contributed by atoms with Gasteiger partial charge in [0.2, 0.25) is 5.79 Å². The standard InChI is InChI=1S/C14H26O4/c1-9(15)13(7)17-10(11(2,3)4)14(18-13)12(5,6)8-16-14/h9-10,15H,8H2,1-7H3. The van der Waals surface area contributed by atoms with Crippen molar-refractivity contribution in [2.45, 2.75) is 72.2 Å². The molecular formula is C14H26O4. The minimum absolute atomic E-state index is 0.113. The highest BCUT2D eigenvalue weighted by Gasteiger charge is 2.71. The van der Waals surface area contributed by atoms with E-state index < -0.39 is 17.7 Å². The van der Waals surface area contributed by atoms with E-state index in [2.05, 4.69) is 34.6 Å². The van der Waals surface area contributed by atoms with Crippen molar-refractivity contribution in [2.75, 3.05) is 6.61 Å². The summed E-state index contributed by atoms with van der Waals surface area (Å²) in [6.45, 7) is 14.7. The number of aliphatic hydroxyl groups excluding tert-OH is 1. The van der Waals surface area contributed by atoms with Crippen LogP contribution in [0.5, 0.6) is 0 Å². The molecule has 2 rings (SSSR count). The van der Waals surface area contributed by atoms with Gasteiger partial charge in [-0.15, -0.1) is 0 Å². The summed E-state index contributed by atoms with van der Waals surface area (Å²) in [6.07, 6.45) is -0.907. The summed E-state index contributed by atoms with van der Waals surface area (Å²) in [5, 5.41) is 9.91. The Morgan fingerprint density at radius 3 is 2.00 bits per heavy atom. The molecule has 0 amide bonds. The van der Waals surface area contributed by atoms with E-state index >= 15 is 0 Å². The lowest BCUT2D eigenvalue weighted by Gasteiger charge is -2.56. The van der Waals surface area contributed by atoms with Gasteiger partial charge in [-0.1, -0.05) is 34.6 Å². The summed E-state index contributed by atoms with van der Waals surface area (Å²) < 4.78 is 18.0. The van der Waals surface area contributed by atoms with Gasteiger partial charge < -0.3 is 19.3 Å². The Kier molecular flexibility index (Phi) is 2.92. The molecule has 4 nitrogen and oxygen atoms in total. The van der Waals surface area contributed by atoms with Gasteiger partial charge in [0.15, 0.2) is 5.79 Å². The van der Waals surface area contributed by atoms with Crippen molar-refractivity contribution in [2.24, 2.45) is 10.8 Å². The molecule has 1 N–H and O–H groups in total. The van der Waals surface area contributed by atoms with Gasteiger partial charge in [0, 0.05) is 5.41 Å². The molecule has 4 heteroatoms. The van der Waals surface area contributed by atoms with Gasteiger partial charge in [-0.3, -0.25) is 0 Å². The fourth-order valence-corrected chi connectivity index (χ4v) is 2.72. The monoisotopic (exact) mass is 258 g/mol. The quantitative estimate of drug-likeness (QED) is 0.784. The smallest absolute Gasteiger partial charge is 0.205 e. The Morgan fingerprint density at radius 1 is 1.22 bits per heavy atom. The highest BCUT2D eigenvalue weighted by Crippen LogP contribution is 2.59. The second kappa shape index (κ2) is 3.69. The topological polar surface area (TPSA) is 47.9 Å². The molecule has 2 aliphatic heterocycles. The van der Waals surface area contributed by atoms with Crippen molar-refractivity contribution in [3.63, 3.8) is 0 Å². The van der Waals surface area contributed by atoms with Gasteiger partial charge in [0.05, 0.1) is 6.61 Å². The average Bonchev–Trinajstić information content (AvgIpc) is 2.54. The third-order valence-corrected chi connectivity index (χ3v) is 4.19. The number of ether oxygens (including phenoxy) is 3. The minimum Gasteiger partial charge on any atom is -0.388 e. The first-order valence-corrected chi connectivity index (χ1v) is 6.65. The van der Waals surface area contributed by atoms with E-state index in [1.54, 1.807) is 13.8 Å². The maximum Gasteiger partial charge on any atom is 0.205 e. The van der Waals surface area contributed by atoms with E-state index in [4.69, 9.17) is 14.2 Å². The normalized spacial score (nSPS) is 45.0. The van der Waals surface area contributed by atoms with E-state index in [0.29, 0.717) is 6.61 Å². The molecule has 0 aliphatic carbocycles. The Labute approximate surface area is 110 Å². The molecule has 0 aromatic carbocycles. The van der Waals surface area contributed by atoms with Crippen LogP contribution in [0.15, 0.2) is 0 Å². The molecular weight excluding hydrogens is 232 g/mol. The molecule has 0 aromatic rings. The van der Waals surface area contributed by atoms with Crippen molar-refractivity contribution >= 4 is 0 Å². The maximum atomic E-state index is 9.91. The van der Waals surface area contributed by atoms with Crippen molar-refractivity contribution in [3.8, 4) is 0 Å². The van der Waals surface area contributed by atoms with Crippen LogP contribution in [-0.4, -0.2) is 35.5 Å². The molecule has 2 aliphatic rings. The summed E-state index contributed by atoms with van der Waals surface area (Å²) in [5.41, 5.74) is -0.234. The fraction of sp³-hybridized carbons (Fsp3) is 1.00. The van der Waals surface area contributed by atoms with Crippen LogP contribution in [0.25, 0.3) is 0 Å². The van der Waals surface area contributed by atoms with Gasteiger partial charge in [0.25, 0.3) is 0 Å². The van der Waals surface area contributed by atoms with Crippen LogP contribution in [0.1, 0.15) is 48.5 Å². The van der Waals surface area contributed by atoms with Crippen molar-refractivity contribution < 1.29 is 19.3 Å². The third-order valence-electron chi connectivity index (χ3n) is 4.19. The fourth-order valence-electron chi connectivity index (χ4n) is 2.72. The van der Waals surface area contributed by atoms with E-state index in [0.717, 1.165) is 0 Å². The lowest BCUT2D eigenvalue weighted by molar-refractivity contribution is -0.399. The lowest BCUT2D eigenvalue weighted by atomic mass is 9.69. The van der Waals surface area contributed by atoms with Crippen molar-refractivity contribution in [3.05, 3.63) is 0 Å². The van der Waals surface area contributed by atoms with Crippen molar-refractivity contribution in [1.29, 1.82) is 0 Å². The highest BCUT2D eigenvalue weighted by atomic mass is 16.9. The number of hydrogen-bond acceptors (Lipinski definition) is 4. The van der Waals surface area contributed by atoms with Crippen molar-refractivity contribution in [1.82, 2.24) is 0 Å². The summed E-state index contributed by atoms with van der Waals surface area (Å²) in [4.78, 5) is 0. The van der Waals surface area contributed by atoms with Gasteiger partial charge in [-0.25, -0.2) is 0 Å². The Hall–Kier alpha value is -0.160. The molecule has 4 unspecified atom stereocenters. The Morgan fingerprint density at radius 2 is 1.78 bits per heavy atom. The number of hydrogen-bond donors (Lipinski definition) is 1. The lowest BCUT2D eigenvalue weighted by Crippen LogP contribution is -2.68. The molecule has 18 heavy (non-hydrogen) atoms. The zero-order valence-electron chi connectivity index (χ0n) is 12.5. The highest BCUT2D eigenvalue weighted by molar-refractivity contribution is 5.09. The molecule has 0 radical (unpaired) electrons. The van der Waals surface area contributed by atoms with E-state index in [1.807, 2.05) is 0 Å². The van der Waals surface area contributed by atoms with Crippen LogP contribution >= 0.6 is 0 Å². The summed E-state index contributed by atoms with van der Waals surface area (Å²) in [5.74, 6) is -1.76. The molecule has 106 valence electrons. The predicted octanol–water partition coefficient (Wildman–Crippen LogP) is 2.30. The first kappa shape index (κ1) is 14.3. The second-order valence-electron chi connectivity index (χ2n) is 7.50. The van der Waals surface area contributed by atoms with Gasteiger partial charge >= 0.3 is 0 Å². The molecule has 0 saturated carbocycles. The molecule has 2 saturated heterocycles. The van der Waals surface area contributed by atoms with Crippen LogP contribution in [-0.2, 0) is 14.2 Å². The van der Waals surface area contributed by atoms with Gasteiger partial charge in [-0.2, -0.15) is 0 Å². The summed E-state index contributed by atoms with van der Waals surface area (Å²) in [6, 6.07) is 0. The zero-order chi connectivity index (χ0) is 14.0. The molecule has 2 heterocycles. The van der Waals surface area contributed by atoms with Crippen LogP contribution < -0.4 is 0 Å². The third kappa shape index (κ3) is 1.73. The number of rotatable bonds is 1. The van der Waals surface area contributed by atoms with E-state index in [1.165, 1.54) is 0 Å². The zero-order valence-corrected chi connectivity index (χ0v) is 12.5. The minimum atomic E-state index is -1.00. The SMILES string of the molecule is CC(O)C1(C)OC(C(C)(C)C)C2(OCC2(C)C)O1. The largest absolute Gasteiger partial charge is 0.388 e. The predicted molar refractivity (Wildman–Crippen MR) is 68.0 cm³/mol. The van der Waals surface area contributed by atoms with Gasteiger partial charge in [-0.05, 0) is 19.3 Å². The molecule has 1 spiro atoms. The van der Waals surface area contributed by atoms with E-state index in [-0.39, 0.29) is 16.9 Å². The first-order chi connectivity index (χ1) is 7.95. The van der Waals surface area contributed by atoms with Gasteiger partial charge in [0.1, 0.15) is 12.2 Å². The molecule has 4 atom stereocenters. The average molecular weight is 258 g/mol. The maximum absolute atomic E-state index is 9.91. The molecule has 0 bridgehead atoms. The van der Waals surface area contributed by atoms with Crippen LogP contribution in [0.3, 0.4) is 0 Å². The van der Waals surface area contributed by atoms with E-state index in [9.17, 15) is 5.11 Å². The summed E-state index contributed by atoms with van der Waals surface area (Å²) in [7, 11) is 0. The van der Waals surface area contributed by atoms with Crippen LogP contribution in [0, 0.1) is 10.8 Å². The molecule has 0 aromatic heterocycles.